The highest BCUT2D eigenvalue weighted by Gasteiger charge is 2.21. The average molecular weight is 716 g/mol. The smallest absolute Gasteiger partial charge is 0.149 e. The fourth-order valence-electron chi connectivity index (χ4n) is 7.28. The topological polar surface area (TPSA) is 50.9 Å². The van der Waals surface area contributed by atoms with Crippen LogP contribution in [0.3, 0.4) is 0 Å². The van der Waals surface area contributed by atoms with Crippen LogP contribution in [0, 0.1) is 20.6 Å². The first kappa shape index (κ1) is 27.5. The van der Waals surface area contributed by atoms with Crippen LogP contribution in [0.15, 0.2) is 176 Å². The van der Waals surface area contributed by atoms with Crippen LogP contribution >= 0.6 is 0 Å². The number of phenolic OH excluding ortho intramolecular Hbond substituents is 1. The van der Waals surface area contributed by atoms with Crippen molar-refractivity contribution in [2.75, 3.05) is 0 Å². The number of hydrogen-bond donors (Lipinski definition) is 1. The number of pyridine rings is 1. The Bertz CT molecular complexity index is 3060. The number of para-hydroxylation sites is 2. The van der Waals surface area contributed by atoms with E-state index >= 15 is 0 Å². The van der Waals surface area contributed by atoms with E-state index in [0.29, 0.717) is 33.7 Å². The van der Waals surface area contributed by atoms with Crippen LogP contribution in [0.2, 0.25) is 0 Å². The predicted molar refractivity (Wildman–Crippen MR) is 227 cm³/mol. The summed E-state index contributed by atoms with van der Waals surface area (Å²) >= 11 is 0. The maximum atomic E-state index is 11.3. The normalized spacial score (nSPS) is 13.3. The largest absolute Gasteiger partial charge is 0.507 e. The van der Waals surface area contributed by atoms with Gasteiger partial charge in [0.1, 0.15) is 11.6 Å². The van der Waals surface area contributed by atoms with Crippen LogP contribution in [0.4, 0.5) is 0 Å². The van der Waals surface area contributed by atoms with E-state index in [1.807, 2.05) is 59.3 Å². The third-order valence-electron chi connectivity index (χ3n) is 10.1. The molecule has 4 nitrogen and oxygen atoms in total. The van der Waals surface area contributed by atoms with E-state index < -0.39 is 13.7 Å². The van der Waals surface area contributed by atoms with Crippen molar-refractivity contribution in [2.24, 2.45) is 0 Å². The fourth-order valence-corrected chi connectivity index (χ4v) is 7.28. The number of hydrogen-bond acceptors (Lipinski definition) is 3. The van der Waals surface area contributed by atoms with Crippen molar-refractivity contribution in [3.8, 4) is 78.6 Å². The molecule has 0 saturated carbocycles. The van der Waals surface area contributed by atoms with Crippen LogP contribution in [0.5, 0.6) is 5.75 Å². The number of aryl methyl sites for hydroxylation is 2. The van der Waals surface area contributed by atoms with Gasteiger partial charge in [-0.25, -0.2) is 4.98 Å². The molecule has 4 heteroatoms. The lowest BCUT2D eigenvalue weighted by molar-refractivity contribution is 0.477. The van der Waals surface area contributed by atoms with E-state index in [4.69, 9.17) is 18.2 Å². The van der Waals surface area contributed by atoms with Crippen molar-refractivity contribution in [3.63, 3.8) is 0 Å². The highest BCUT2D eigenvalue weighted by Crippen LogP contribution is 2.41. The molecule has 264 valence electrons. The molecule has 0 atom stereocenters. The van der Waals surface area contributed by atoms with Crippen molar-refractivity contribution in [1.29, 1.82) is 0 Å². The minimum Gasteiger partial charge on any atom is -0.507 e. The van der Waals surface area contributed by atoms with Gasteiger partial charge >= 0.3 is 0 Å². The Labute approximate surface area is 330 Å². The first-order valence-corrected chi connectivity index (χ1v) is 18.1. The maximum absolute atomic E-state index is 11.3. The lowest BCUT2D eigenvalue weighted by Crippen LogP contribution is -2.00. The number of phenols is 1. The fraction of sp³-hybridized carbons (Fsp3) is 0.0588. The van der Waals surface area contributed by atoms with Crippen molar-refractivity contribution >= 4 is 11.0 Å². The Balaban J connectivity index is 1.32. The van der Waals surface area contributed by atoms with E-state index in [1.54, 1.807) is 54.6 Å². The zero-order valence-electron chi connectivity index (χ0n) is 36.0. The Morgan fingerprint density at radius 1 is 0.527 bits per heavy atom. The minimum atomic E-state index is -2.78. The molecule has 0 bridgehead atoms. The van der Waals surface area contributed by atoms with Crippen LogP contribution in [0.1, 0.15) is 24.9 Å². The van der Waals surface area contributed by atoms with E-state index in [1.165, 1.54) is 11.6 Å². The van der Waals surface area contributed by atoms with Crippen molar-refractivity contribution < 1.29 is 13.3 Å². The number of nitrogens with zero attached hydrogens (tertiary/aromatic N) is 3. The molecule has 0 spiro atoms. The van der Waals surface area contributed by atoms with Crippen LogP contribution < -0.4 is 0 Å². The van der Waals surface area contributed by atoms with Gasteiger partial charge in [-0.05, 0) is 131 Å². The second kappa shape index (κ2) is 14.1. The van der Waals surface area contributed by atoms with Crippen LogP contribution in [-0.4, -0.2) is 19.6 Å². The van der Waals surface area contributed by atoms with Crippen LogP contribution in [0.25, 0.3) is 83.9 Å². The summed E-state index contributed by atoms with van der Waals surface area (Å²) in [6.07, 6.45) is 1.83. The number of aromatic hydroxyl groups is 1. The molecule has 2 aromatic heterocycles. The summed E-state index contributed by atoms with van der Waals surface area (Å²) < 4.78 is 53.2. The Hall–Kier alpha value is -7.04. The van der Waals surface area contributed by atoms with Gasteiger partial charge in [0.05, 0.1) is 22.3 Å². The summed E-state index contributed by atoms with van der Waals surface area (Å²) in [7, 11) is 0. The highest BCUT2D eigenvalue weighted by molar-refractivity contribution is 5.98. The van der Waals surface area contributed by atoms with Gasteiger partial charge in [-0.3, -0.25) is 9.55 Å². The molecule has 0 radical (unpaired) electrons. The third-order valence-corrected chi connectivity index (χ3v) is 10.1. The average Bonchev–Trinajstić information content (AvgIpc) is 3.66. The lowest BCUT2D eigenvalue weighted by Gasteiger charge is -2.16. The molecule has 0 unspecified atom stereocenters. The zero-order valence-corrected chi connectivity index (χ0v) is 30.0. The molecule has 0 aliphatic carbocycles. The quantitative estimate of drug-likeness (QED) is 0.179. The van der Waals surface area contributed by atoms with Gasteiger partial charge < -0.3 is 5.11 Å². The second-order valence-electron chi connectivity index (χ2n) is 13.7. The zero-order chi connectivity index (χ0) is 42.5. The number of aromatic nitrogens is 3. The first-order chi connectivity index (χ1) is 29.3. The summed E-state index contributed by atoms with van der Waals surface area (Å²) in [5, 5.41) is 11.3. The monoisotopic (exact) mass is 715 g/mol. The van der Waals surface area contributed by atoms with Gasteiger partial charge in [-0.1, -0.05) is 115 Å². The summed E-state index contributed by atoms with van der Waals surface area (Å²) in [5.74, 6) is 0.330. The van der Waals surface area contributed by atoms with E-state index in [-0.39, 0.29) is 22.4 Å². The minimum absolute atomic E-state index is 0.0214. The molecule has 0 saturated heterocycles. The van der Waals surface area contributed by atoms with E-state index in [2.05, 4.69) is 67.6 Å². The molecule has 0 aliphatic rings. The number of fused-ring (bicyclic) bond motifs is 1. The second-order valence-corrected chi connectivity index (χ2v) is 13.7. The summed E-state index contributed by atoms with van der Waals surface area (Å²) in [6, 6.07) is 53.8. The molecule has 9 rings (SSSR count). The van der Waals surface area contributed by atoms with Crippen molar-refractivity contribution in [1.82, 2.24) is 14.5 Å². The summed E-state index contributed by atoms with van der Waals surface area (Å²) in [6.45, 7) is -3.45. The number of benzene rings is 7. The maximum Gasteiger partial charge on any atom is 0.149 e. The van der Waals surface area contributed by atoms with E-state index in [9.17, 15) is 5.11 Å². The van der Waals surface area contributed by atoms with Gasteiger partial charge in [0, 0.05) is 31.2 Å². The molecular formula is C51H39N3O. The summed E-state index contributed by atoms with van der Waals surface area (Å²) in [5.41, 5.74) is 11.0. The molecule has 0 aliphatic heterocycles. The molecule has 1 N–H and O–H groups in total. The molecule has 0 amide bonds. The summed E-state index contributed by atoms with van der Waals surface area (Å²) in [4.78, 5) is 10.1. The van der Waals surface area contributed by atoms with Gasteiger partial charge in [-0.15, -0.1) is 0 Å². The molecular weight excluding hydrogens is 671 g/mol. The lowest BCUT2D eigenvalue weighted by atomic mass is 9.93. The number of rotatable bonds is 7. The highest BCUT2D eigenvalue weighted by atomic mass is 16.3. The van der Waals surface area contributed by atoms with Crippen molar-refractivity contribution in [3.05, 3.63) is 193 Å². The molecule has 2 heterocycles. The van der Waals surface area contributed by atoms with Gasteiger partial charge in [-0.2, -0.15) is 0 Å². The van der Waals surface area contributed by atoms with Crippen molar-refractivity contribution in [2.45, 2.75) is 20.6 Å². The van der Waals surface area contributed by atoms with Gasteiger partial charge in [0.25, 0.3) is 0 Å². The van der Waals surface area contributed by atoms with Crippen LogP contribution in [-0.2, 0) is 0 Å². The predicted octanol–water partition coefficient (Wildman–Crippen LogP) is 13.1. The molecule has 9 aromatic rings. The first-order valence-electron chi connectivity index (χ1n) is 21.1. The standard InChI is InChI=1S/C51H39N3O/c1-33-21-23-37(24-22-33)39-25-26-52-47(31-39)42-29-40(36-13-6-4-7-14-36)28-41(30-42)44-18-12-19-48-50(44)53-51(45-17-10-11-20-49(45)55)54(48)43-27-34(2)35(3)46(32-43)38-15-8-5-9-16-38/h4-32,55H,1-3H3/i2D3,3D3. The van der Waals surface area contributed by atoms with Gasteiger partial charge in [0.2, 0.25) is 0 Å². The Morgan fingerprint density at radius 3 is 1.98 bits per heavy atom. The number of imidazole rings is 1. The molecule has 0 fully saturated rings. The molecule has 55 heavy (non-hydrogen) atoms. The third kappa shape index (κ3) is 6.38. The van der Waals surface area contributed by atoms with Gasteiger partial charge in [0.15, 0.2) is 0 Å². The SMILES string of the molecule is [2H]C([2H])([2H])c1cc(-n2c(-c3ccccc3O)nc3c(-c4cc(-c5ccccc5)cc(-c5cc(-c6ccc(C)cc6)ccn5)c4)cccc32)cc(-c2ccccc2)c1C([2H])([2H])[2H]. The van der Waals surface area contributed by atoms with E-state index in [0.717, 1.165) is 44.6 Å². The molecule has 7 aromatic carbocycles. The Kier molecular flexibility index (Phi) is 7.05. The Morgan fingerprint density at radius 2 is 1.22 bits per heavy atom.